The molecule has 2 rings (SSSR count). The molecular formula is C15H20N2O4S. The molecule has 1 aromatic rings. The molecule has 22 heavy (non-hydrogen) atoms. The molecule has 1 heterocycles. The van der Waals surface area contributed by atoms with E-state index >= 15 is 0 Å². The highest BCUT2D eigenvalue weighted by Gasteiger charge is 2.27. The summed E-state index contributed by atoms with van der Waals surface area (Å²) >= 11 is 0. The van der Waals surface area contributed by atoms with Crippen LogP contribution in [-0.4, -0.2) is 23.6 Å². The Morgan fingerprint density at radius 2 is 1.91 bits per heavy atom. The van der Waals surface area contributed by atoms with Crippen molar-refractivity contribution in [1.82, 2.24) is 9.03 Å². The standard InChI is InChI=1S/C15H20N2O4S/c1-11(2)3-8-14(18)13-6-4-12(5-7-13)9-17-10-15(19)16-22(17,20)21/h4-7,10-11,16,19H,3,8-9H2,1-2H3. The van der Waals surface area contributed by atoms with Gasteiger partial charge in [-0.2, -0.15) is 8.42 Å². The van der Waals surface area contributed by atoms with Crippen molar-refractivity contribution < 1.29 is 18.3 Å². The van der Waals surface area contributed by atoms with E-state index in [0.717, 1.165) is 22.5 Å². The van der Waals surface area contributed by atoms with Gasteiger partial charge in [-0.3, -0.25) is 9.10 Å². The van der Waals surface area contributed by atoms with Crippen molar-refractivity contribution in [3.63, 3.8) is 0 Å². The lowest BCUT2D eigenvalue weighted by Gasteiger charge is -2.14. The molecule has 0 saturated heterocycles. The number of hydrogen-bond acceptors (Lipinski definition) is 4. The van der Waals surface area contributed by atoms with Crippen molar-refractivity contribution in [2.45, 2.75) is 33.2 Å². The second kappa shape index (κ2) is 6.39. The number of nitrogens with zero attached hydrogens (tertiary/aromatic N) is 1. The number of aliphatic hydroxyl groups excluding tert-OH is 1. The molecule has 0 radical (unpaired) electrons. The van der Waals surface area contributed by atoms with E-state index in [4.69, 9.17) is 0 Å². The third-order valence-corrected chi connectivity index (χ3v) is 4.69. The Labute approximate surface area is 130 Å². The maximum Gasteiger partial charge on any atom is 0.326 e. The number of aliphatic hydroxyl groups is 1. The zero-order chi connectivity index (χ0) is 16.3. The lowest BCUT2D eigenvalue weighted by atomic mass is 10.0. The first-order valence-electron chi connectivity index (χ1n) is 7.10. The largest absolute Gasteiger partial charge is 0.493 e. The van der Waals surface area contributed by atoms with Crippen LogP contribution in [0.3, 0.4) is 0 Å². The third-order valence-electron chi connectivity index (χ3n) is 3.37. The summed E-state index contributed by atoms with van der Waals surface area (Å²) in [7, 11) is -3.71. The van der Waals surface area contributed by atoms with Gasteiger partial charge < -0.3 is 5.11 Å². The Kier molecular flexibility index (Phi) is 4.75. The highest BCUT2D eigenvalue weighted by molar-refractivity contribution is 7.87. The first kappa shape index (κ1) is 16.4. The fourth-order valence-electron chi connectivity index (χ4n) is 2.09. The van der Waals surface area contributed by atoms with Gasteiger partial charge in [0, 0.05) is 12.0 Å². The number of hydrogen-bond donors (Lipinski definition) is 2. The zero-order valence-corrected chi connectivity index (χ0v) is 13.4. The Hall–Kier alpha value is -2.02. The van der Waals surface area contributed by atoms with Crippen LogP contribution in [0.25, 0.3) is 0 Å². The molecule has 0 saturated carbocycles. The smallest absolute Gasteiger partial charge is 0.326 e. The molecule has 1 aliphatic heterocycles. The molecule has 0 spiro atoms. The van der Waals surface area contributed by atoms with Gasteiger partial charge in [0.15, 0.2) is 5.78 Å². The van der Waals surface area contributed by atoms with Gasteiger partial charge in [-0.15, -0.1) is 0 Å². The Morgan fingerprint density at radius 3 is 2.41 bits per heavy atom. The van der Waals surface area contributed by atoms with Crippen molar-refractivity contribution in [2.24, 2.45) is 5.92 Å². The van der Waals surface area contributed by atoms with Gasteiger partial charge in [-0.05, 0) is 17.9 Å². The first-order valence-corrected chi connectivity index (χ1v) is 8.54. The van der Waals surface area contributed by atoms with Crippen LogP contribution in [0.4, 0.5) is 0 Å². The summed E-state index contributed by atoms with van der Waals surface area (Å²) in [6.07, 6.45) is 2.48. The van der Waals surface area contributed by atoms with E-state index in [1.807, 2.05) is 4.72 Å². The first-order chi connectivity index (χ1) is 10.3. The topological polar surface area (TPSA) is 86.7 Å². The maximum absolute atomic E-state index is 12.0. The van der Waals surface area contributed by atoms with Crippen LogP contribution in [0.5, 0.6) is 0 Å². The molecule has 2 N–H and O–H groups in total. The van der Waals surface area contributed by atoms with Gasteiger partial charge >= 0.3 is 10.2 Å². The molecule has 1 aromatic carbocycles. The van der Waals surface area contributed by atoms with Crippen molar-refractivity contribution in [3.8, 4) is 0 Å². The van der Waals surface area contributed by atoms with Gasteiger partial charge in [0.2, 0.25) is 5.88 Å². The molecule has 0 bridgehead atoms. The summed E-state index contributed by atoms with van der Waals surface area (Å²) in [4.78, 5) is 12.0. The van der Waals surface area contributed by atoms with E-state index < -0.39 is 16.1 Å². The van der Waals surface area contributed by atoms with Gasteiger partial charge in [0.25, 0.3) is 0 Å². The Balaban J connectivity index is 2.02. The van der Waals surface area contributed by atoms with Crippen molar-refractivity contribution in [1.29, 1.82) is 0 Å². The van der Waals surface area contributed by atoms with Gasteiger partial charge in [0.05, 0.1) is 12.7 Å². The quantitative estimate of drug-likeness (QED) is 0.786. The van der Waals surface area contributed by atoms with E-state index in [9.17, 15) is 18.3 Å². The Morgan fingerprint density at radius 1 is 1.27 bits per heavy atom. The van der Waals surface area contributed by atoms with Crippen LogP contribution in [0.2, 0.25) is 0 Å². The van der Waals surface area contributed by atoms with Crippen LogP contribution in [0.15, 0.2) is 36.3 Å². The van der Waals surface area contributed by atoms with Crippen LogP contribution in [0, 0.1) is 5.92 Å². The SMILES string of the molecule is CC(C)CCC(=O)c1ccc(CN2C=C(O)NS2(=O)=O)cc1. The monoisotopic (exact) mass is 324 g/mol. The fourth-order valence-corrected chi connectivity index (χ4v) is 3.09. The Bertz CT molecular complexity index is 678. The average Bonchev–Trinajstić information content (AvgIpc) is 2.69. The van der Waals surface area contributed by atoms with E-state index in [1.54, 1.807) is 24.3 Å². The summed E-state index contributed by atoms with van der Waals surface area (Å²) in [5.41, 5.74) is 1.36. The summed E-state index contributed by atoms with van der Waals surface area (Å²) in [6.45, 7) is 4.24. The van der Waals surface area contributed by atoms with Crippen molar-refractivity contribution >= 4 is 16.0 Å². The second-order valence-corrected chi connectivity index (χ2v) is 7.34. The molecule has 0 unspecified atom stereocenters. The lowest BCUT2D eigenvalue weighted by Crippen LogP contribution is -2.29. The molecule has 0 fully saturated rings. The second-order valence-electron chi connectivity index (χ2n) is 5.72. The number of ketones is 1. The number of carbonyl (C=O) groups is 1. The van der Waals surface area contributed by atoms with Gasteiger partial charge in [0.1, 0.15) is 0 Å². The number of carbonyl (C=O) groups excluding carboxylic acids is 1. The average molecular weight is 324 g/mol. The maximum atomic E-state index is 12.0. The summed E-state index contributed by atoms with van der Waals surface area (Å²) < 4.78 is 26.3. The van der Waals surface area contributed by atoms with E-state index in [1.165, 1.54) is 0 Å². The predicted octanol–water partition coefficient (Wildman–Crippen LogP) is 2.31. The summed E-state index contributed by atoms with van der Waals surface area (Å²) in [5.74, 6) is 0.171. The van der Waals surface area contributed by atoms with E-state index in [-0.39, 0.29) is 12.3 Å². The number of Topliss-reactive ketones (excluding diaryl/α,β-unsaturated/α-hetero) is 1. The minimum absolute atomic E-state index is 0.0910. The molecule has 120 valence electrons. The number of rotatable bonds is 6. The van der Waals surface area contributed by atoms with E-state index in [2.05, 4.69) is 13.8 Å². The minimum Gasteiger partial charge on any atom is -0.493 e. The molecule has 0 aliphatic carbocycles. The lowest BCUT2D eigenvalue weighted by molar-refractivity contribution is 0.0975. The summed E-state index contributed by atoms with van der Waals surface area (Å²) in [6, 6.07) is 6.86. The summed E-state index contributed by atoms with van der Waals surface area (Å²) in [5, 5.41) is 9.22. The van der Waals surface area contributed by atoms with Crippen LogP contribution in [-0.2, 0) is 16.8 Å². The fraction of sp³-hybridized carbons (Fsp3) is 0.400. The molecular weight excluding hydrogens is 304 g/mol. The molecule has 0 aromatic heterocycles. The molecule has 6 nitrogen and oxygen atoms in total. The highest BCUT2D eigenvalue weighted by Crippen LogP contribution is 2.17. The highest BCUT2D eigenvalue weighted by atomic mass is 32.2. The van der Waals surface area contributed by atoms with Crippen molar-refractivity contribution in [3.05, 3.63) is 47.5 Å². The normalized spacial score (nSPS) is 16.5. The molecule has 0 amide bonds. The van der Waals surface area contributed by atoms with Crippen molar-refractivity contribution in [2.75, 3.05) is 0 Å². The minimum atomic E-state index is -3.71. The van der Waals surface area contributed by atoms with Gasteiger partial charge in [-0.25, -0.2) is 4.72 Å². The molecule has 0 atom stereocenters. The van der Waals surface area contributed by atoms with Crippen LogP contribution in [0.1, 0.15) is 42.6 Å². The van der Waals surface area contributed by atoms with E-state index in [0.29, 0.717) is 17.9 Å². The zero-order valence-electron chi connectivity index (χ0n) is 12.6. The van der Waals surface area contributed by atoms with Gasteiger partial charge in [-0.1, -0.05) is 38.1 Å². The number of nitrogens with one attached hydrogen (secondary N) is 1. The third kappa shape index (κ3) is 4.00. The van der Waals surface area contributed by atoms with Crippen LogP contribution < -0.4 is 4.72 Å². The number of benzene rings is 1. The van der Waals surface area contributed by atoms with Crippen LogP contribution >= 0.6 is 0 Å². The predicted molar refractivity (Wildman–Crippen MR) is 83.2 cm³/mol. The molecule has 7 heteroatoms. The molecule has 1 aliphatic rings.